The molecule has 0 saturated carbocycles. The maximum atomic E-state index is 13.1. The van der Waals surface area contributed by atoms with Crippen molar-refractivity contribution in [3.63, 3.8) is 0 Å². The summed E-state index contributed by atoms with van der Waals surface area (Å²) in [5.41, 5.74) is 8.19. The average Bonchev–Trinajstić information content (AvgIpc) is 3.22. The molecule has 1 amide bonds. The molecule has 122 valence electrons. The summed E-state index contributed by atoms with van der Waals surface area (Å²) in [4.78, 5) is 14.8. The molecule has 0 spiro atoms. The predicted octanol–water partition coefficient (Wildman–Crippen LogP) is 3.26. The molecule has 24 heavy (non-hydrogen) atoms. The van der Waals surface area contributed by atoms with Gasteiger partial charge in [0.05, 0.1) is 11.6 Å². The zero-order valence-electron chi connectivity index (χ0n) is 13.0. The van der Waals surface area contributed by atoms with Crippen LogP contribution >= 0.6 is 0 Å². The van der Waals surface area contributed by atoms with Crippen LogP contribution in [0.5, 0.6) is 0 Å². The minimum Gasteiger partial charge on any atom is -0.382 e. The number of nitrogen functional groups attached to an aromatic ring is 1. The van der Waals surface area contributed by atoms with Crippen molar-refractivity contribution in [2.24, 2.45) is 0 Å². The highest BCUT2D eigenvalue weighted by molar-refractivity contribution is 6.00. The Morgan fingerprint density at radius 2 is 2.04 bits per heavy atom. The Bertz CT molecular complexity index is 903. The molecule has 2 aromatic carbocycles. The number of fused-ring (bicyclic) bond motifs is 1. The number of halogens is 1. The van der Waals surface area contributed by atoms with E-state index in [0.717, 1.165) is 29.3 Å². The van der Waals surface area contributed by atoms with E-state index < -0.39 is 0 Å². The lowest BCUT2D eigenvalue weighted by Gasteiger charge is -2.25. The number of nitrogens with two attached hydrogens (primary N) is 1. The lowest BCUT2D eigenvalue weighted by Crippen LogP contribution is -2.30. The van der Waals surface area contributed by atoms with Crippen LogP contribution in [0.25, 0.3) is 10.9 Å². The minimum atomic E-state index is -0.268. The number of carbonyl (C=O) groups is 1. The van der Waals surface area contributed by atoms with Crippen LogP contribution in [0.1, 0.15) is 34.8 Å². The number of benzene rings is 2. The number of H-pyrrole nitrogens is 1. The second kappa shape index (κ2) is 5.63. The first-order valence-corrected chi connectivity index (χ1v) is 7.93. The van der Waals surface area contributed by atoms with Crippen molar-refractivity contribution < 1.29 is 9.18 Å². The van der Waals surface area contributed by atoms with Crippen LogP contribution in [0.2, 0.25) is 0 Å². The number of hydrogen-bond donors (Lipinski definition) is 2. The van der Waals surface area contributed by atoms with Gasteiger partial charge in [-0.25, -0.2) is 4.39 Å². The fraction of sp³-hybridized carbons (Fsp3) is 0.222. The third-order valence-corrected chi connectivity index (χ3v) is 4.61. The molecule has 1 atom stereocenters. The standard InChI is InChI=1S/C18H17FN4O/c19-13-6-3-11(4-7-13)16-2-1-9-23(16)18(24)12-5-8-15-14(10-12)17(20)22-21-15/h3-8,10,16H,1-2,9H2,(H3,20,21,22). The molecular weight excluding hydrogens is 307 g/mol. The van der Waals surface area contributed by atoms with Crippen molar-refractivity contribution in [2.75, 3.05) is 12.3 Å². The van der Waals surface area contributed by atoms with E-state index in [9.17, 15) is 9.18 Å². The SMILES string of the molecule is Nc1n[nH]c2ccc(C(=O)N3CCCC3c3ccc(F)cc3)cc12. The normalized spacial score (nSPS) is 17.5. The maximum absolute atomic E-state index is 13.1. The fourth-order valence-corrected chi connectivity index (χ4v) is 3.37. The number of nitrogens with zero attached hydrogens (tertiary/aromatic N) is 2. The minimum absolute atomic E-state index is 0.0181. The summed E-state index contributed by atoms with van der Waals surface area (Å²) < 4.78 is 13.1. The van der Waals surface area contributed by atoms with E-state index in [1.807, 2.05) is 11.0 Å². The van der Waals surface area contributed by atoms with Crippen LogP contribution in [0.3, 0.4) is 0 Å². The van der Waals surface area contributed by atoms with E-state index >= 15 is 0 Å². The molecule has 0 bridgehead atoms. The molecule has 6 heteroatoms. The van der Waals surface area contributed by atoms with Crippen LogP contribution < -0.4 is 5.73 Å². The Hall–Kier alpha value is -2.89. The van der Waals surface area contributed by atoms with Gasteiger partial charge in [-0.1, -0.05) is 12.1 Å². The number of likely N-dealkylation sites (tertiary alicyclic amines) is 1. The molecule has 4 rings (SSSR count). The number of anilines is 1. The van der Waals surface area contributed by atoms with Crippen LogP contribution in [0.4, 0.5) is 10.2 Å². The van der Waals surface area contributed by atoms with E-state index in [2.05, 4.69) is 10.2 Å². The van der Waals surface area contributed by atoms with Crippen molar-refractivity contribution in [1.82, 2.24) is 15.1 Å². The van der Waals surface area contributed by atoms with Crippen LogP contribution in [0.15, 0.2) is 42.5 Å². The van der Waals surface area contributed by atoms with Crippen LogP contribution in [-0.4, -0.2) is 27.5 Å². The molecule has 1 fully saturated rings. The summed E-state index contributed by atoms with van der Waals surface area (Å²) in [7, 11) is 0. The highest BCUT2D eigenvalue weighted by atomic mass is 19.1. The molecular formula is C18H17FN4O. The van der Waals surface area contributed by atoms with E-state index in [4.69, 9.17) is 5.73 Å². The van der Waals surface area contributed by atoms with Crippen LogP contribution in [0, 0.1) is 5.82 Å². The van der Waals surface area contributed by atoms with Gasteiger partial charge in [0.15, 0.2) is 5.82 Å². The first-order chi connectivity index (χ1) is 11.6. The monoisotopic (exact) mass is 324 g/mol. The summed E-state index contributed by atoms with van der Waals surface area (Å²) in [5, 5.41) is 7.53. The third-order valence-electron chi connectivity index (χ3n) is 4.61. The molecule has 0 aliphatic carbocycles. The van der Waals surface area contributed by atoms with Gasteiger partial charge in [0, 0.05) is 17.5 Å². The molecule has 1 aliphatic rings. The molecule has 3 aromatic rings. The summed E-state index contributed by atoms with van der Waals surface area (Å²) >= 11 is 0. The Labute approximate surface area is 138 Å². The summed E-state index contributed by atoms with van der Waals surface area (Å²) in [6.45, 7) is 0.694. The first kappa shape index (κ1) is 14.7. The molecule has 1 saturated heterocycles. The molecule has 0 radical (unpaired) electrons. The van der Waals surface area contributed by atoms with E-state index in [1.165, 1.54) is 12.1 Å². The van der Waals surface area contributed by atoms with Gasteiger partial charge in [0.2, 0.25) is 0 Å². The number of hydrogen-bond acceptors (Lipinski definition) is 3. The molecule has 2 heterocycles. The second-order valence-corrected chi connectivity index (χ2v) is 6.08. The lowest BCUT2D eigenvalue weighted by atomic mass is 10.0. The van der Waals surface area contributed by atoms with Crippen LogP contribution in [-0.2, 0) is 0 Å². The van der Waals surface area contributed by atoms with Crippen molar-refractivity contribution in [2.45, 2.75) is 18.9 Å². The Kier molecular flexibility index (Phi) is 3.45. The zero-order chi connectivity index (χ0) is 16.7. The van der Waals surface area contributed by atoms with E-state index in [1.54, 1.807) is 24.3 Å². The number of aromatic nitrogens is 2. The number of aromatic amines is 1. The predicted molar refractivity (Wildman–Crippen MR) is 89.9 cm³/mol. The van der Waals surface area contributed by atoms with E-state index in [-0.39, 0.29) is 17.8 Å². The van der Waals surface area contributed by atoms with Gasteiger partial charge in [-0.2, -0.15) is 5.10 Å². The zero-order valence-corrected chi connectivity index (χ0v) is 13.0. The van der Waals surface area contributed by atoms with Gasteiger partial charge in [-0.05, 0) is 48.7 Å². The summed E-state index contributed by atoms with van der Waals surface area (Å²) in [5.74, 6) is 0.0796. The molecule has 3 N–H and O–H groups in total. The van der Waals surface area contributed by atoms with Crippen molar-refractivity contribution in [1.29, 1.82) is 0 Å². The smallest absolute Gasteiger partial charge is 0.254 e. The van der Waals surface area contributed by atoms with Gasteiger partial charge < -0.3 is 10.6 Å². The Balaban J connectivity index is 1.66. The molecule has 5 nitrogen and oxygen atoms in total. The van der Waals surface area contributed by atoms with Gasteiger partial charge in [-0.3, -0.25) is 9.89 Å². The first-order valence-electron chi connectivity index (χ1n) is 7.93. The third kappa shape index (κ3) is 2.40. The summed E-state index contributed by atoms with van der Waals surface area (Å²) in [6, 6.07) is 11.7. The highest BCUT2D eigenvalue weighted by Crippen LogP contribution is 2.33. The van der Waals surface area contributed by atoms with Crippen molar-refractivity contribution in [3.8, 4) is 0 Å². The highest BCUT2D eigenvalue weighted by Gasteiger charge is 2.30. The number of nitrogens with one attached hydrogen (secondary N) is 1. The molecule has 1 aromatic heterocycles. The maximum Gasteiger partial charge on any atom is 0.254 e. The molecule has 1 unspecified atom stereocenters. The fourth-order valence-electron chi connectivity index (χ4n) is 3.37. The lowest BCUT2D eigenvalue weighted by molar-refractivity contribution is 0.0736. The van der Waals surface area contributed by atoms with Crippen molar-refractivity contribution >= 4 is 22.6 Å². The Morgan fingerprint density at radius 1 is 1.25 bits per heavy atom. The quantitative estimate of drug-likeness (QED) is 0.760. The average molecular weight is 324 g/mol. The van der Waals surface area contributed by atoms with Gasteiger partial charge in [0.1, 0.15) is 5.82 Å². The number of carbonyl (C=O) groups excluding carboxylic acids is 1. The topological polar surface area (TPSA) is 75.0 Å². The Morgan fingerprint density at radius 3 is 2.83 bits per heavy atom. The van der Waals surface area contributed by atoms with Gasteiger partial charge >= 0.3 is 0 Å². The second-order valence-electron chi connectivity index (χ2n) is 6.08. The van der Waals surface area contributed by atoms with Gasteiger partial charge in [-0.15, -0.1) is 0 Å². The van der Waals surface area contributed by atoms with Crippen molar-refractivity contribution in [3.05, 3.63) is 59.4 Å². The number of amides is 1. The van der Waals surface area contributed by atoms with E-state index in [0.29, 0.717) is 17.9 Å². The summed E-state index contributed by atoms with van der Waals surface area (Å²) in [6.07, 6.45) is 1.82. The van der Waals surface area contributed by atoms with Gasteiger partial charge in [0.25, 0.3) is 5.91 Å². The largest absolute Gasteiger partial charge is 0.382 e. The molecule has 1 aliphatic heterocycles. The number of rotatable bonds is 2.